The summed E-state index contributed by atoms with van der Waals surface area (Å²) in [5.41, 5.74) is 0.656. The fourth-order valence-electron chi connectivity index (χ4n) is 4.91. The molecule has 9 nitrogen and oxygen atoms in total. The number of nitrogens with zero attached hydrogens (tertiary/aromatic N) is 1. The van der Waals surface area contributed by atoms with Gasteiger partial charge in [0.05, 0.1) is 24.8 Å². The van der Waals surface area contributed by atoms with Crippen molar-refractivity contribution in [1.29, 1.82) is 0 Å². The van der Waals surface area contributed by atoms with E-state index in [1.54, 1.807) is 36.4 Å². The van der Waals surface area contributed by atoms with Gasteiger partial charge in [-0.05, 0) is 66.8 Å². The lowest BCUT2D eigenvalue weighted by molar-refractivity contribution is -0.123. The molecule has 2 fully saturated rings. The van der Waals surface area contributed by atoms with E-state index in [2.05, 4.69) is 10.6 Å². The molecule has 218 valence electrons. The molecule has 3 aromatic carbocycles. The molecule has 4 bridgehead atoms. The molecule has 7 rings (SSSR count). The number of nitrogens with one attached hydrogen (secondary N) is 2. The van der Waals surface area contributed by atoms with E-state index in [1.807, 2.05) is 0 Å². The highest BCUT2D eigenvalue weighted by Crippen LogP contribution is 2.31. The van der Waals surface area contributed by atoms with Crippen LogP contribution in [0.1, 0.15) is 39.1 Å². The number of halogens is 2. The Kier molecular flexibility index (Phi) is 7.64. The summed E-state index contributed by atoms with van der Waals surface area (Å²) in [6.45, 7) is 0.548. The zero-order chi connectivity index (χ0) is 29.2. The van der Waals surface area contributed by atoms with Crippen molar-refractivity contribution in [2.75, 3.05) is 26.3 Å². The van der Waals surface area contributed by atoms with E-state index in [9.17, 15) is 23.2 Å². The summed E-state index contributed by atoms with van der Waals surface area (Å²) in [4.78, 5) is 40.5. The van der Waals surface area contributed by atoms with Gasteiger partial charge in [0.2, 0.25) is 0 Å². The fraction of sp³-hybridized carbons (Fsp3) is 0.323. The minimum Gasteiger partial charge on any atom is -0.493 e. The number of hydrogen-bond donors (Lipinski definition) is 2. The van der Waals surface area contributed by atoms with Crippen LogP contribution in [0.3, 0.4) is 0 Å². The predicted molar refractivity (Wildman–Crippen MR) is 146 cm³/mol. The second-order valence-corrected chi connectivity index (χ2v) is 10.7. The normalized spacial score (nSPS) is 20.5. The maximum atomic E-state index is 14.4. The van der Waals surface area contributed by atoms with Crippen LogP contribution >= 0.6 is 0 Å². The molecule has 42 heavy (non-hydrogen) atoms. The number of carbonyl (C=O) groups excluding carboxylic acids is 3. The number of rotatable bonds is 4. The average Bonchev–Trinajstić information content (AvgIpc) is 3.74. The van der Waals surface area contributed by atoms with Crippen LogP contribution in [0.2, 0.25) is 0 Å². The van der Waals surface area contributed by atoms with Crippen LogP contribution in [0.25, 0.3) is 0 Å². The number of ether oxygens (including phenoxy) is 3. The predicted octanol–water partition coefficient (Wildman–Crippen LogP) is 3.46. The first-order valence-electron chi connectivity index (χ1n) is 13.8. The molecule has 3 heterocycles. The van der Waals surface area contributed by atoms with Crippen molar-refractivity contribution < 1.29 is 37.4 Å². The molecule has 1 saturated heterocycles. The molecule has 1 saturated carbocycles. The van der Waals surface area contributed by atoms with E-state index in [0.717, 1.165) is 36.6 Å². The van der Waals surface area contributed by atoms with Gasteiger partial charge in [0.15, 0.2) is 6.61 Å². The number of benzene rings is 3. The average molecular weight is 578 g/mol. The number of hydrogen-bond acceptors (Lipinski definition) is 6. The SMILES string of the molecule is O=C1COc2cc(OCC3CC3)cc(c2)C(=O)N[C@H]2CN(C(=O)c3cc(F)ccc3F)C[C@@H]2Oc2ccc(cc2)CN1. The van der Waals surface area contributed by atoms with Gasteiger partial charge in [-0.3, -0.25) is 14.4 Å². The molecule has 0 aromatic heterocycles. The van der Waals surface area contributed by atoms with E-state index in [4.69, 9.17) is 14.2 Å². The third-order valence-corrected chi connectivity index (χ3v) is 7.42. The molecule has 11 heteroatoms. The van der Waals surface area contributed by atoms with Gasteiger partial charge in [-0.2, -0.15) is 0 Å². The van der Waals surface area contributed by atoms with Gasteiger partial charge in [-0.15, -0.1) is 0 Å². The summed E-state index contributed by atoms with van der Waals surface area (Å²) < 4.78 is 46.1. The van der Waals surface area contributed by atoms with Crippen LogP contribution in [-0.4, -0.2) is 61.1 Å². The third kappa shape index (κ3) is 6.45. The second kappa shape index (κ2) is 11.7. The van der Waals surface area contributed by atoms with Gasteiger partial charge in [-0.1, -0.05) is 12.1 Å². The van der Waals surface area contributed by atoms with Gasteiger partial charge in [0, 0.05) is 24.7 Å². The Morgan fingerprint density at radius 1 is 0.976 bits per heavy atom. The van der Waals surface area contributed by atoms with Gasteiger partial charge in [0.1, 0.15) is 35.0 Å². The number of carbonyl (C=O) groups is 3. The first-order valence-corrected chi connectivity index (χ1v) is 13.8. The van der Waals surface area contributed by atoms with Crippen LogP contribution in [0.15, 0.2) is 60.7 Å². The van der Waals surface area contributed by atoms with Gasteiger partial charge < -0.3 is 29.7 Å². The van der Waals surface area contributed by atoms with Crippen molar-refractivity contribution in [2.45, 2.75) is 31.5 Å². The van der Waals surface area contributed by atoms with E-state index < -0.39 is 41.2 Å². The highest BCUT2D eigenvalue weighted by Gasteiger charge is 2.39. The standard InChI is InChI=1S/C31H29F2N3O6/c32-21-5-8-26(33)25(11-21)31(39)36-14-27-28(15-36)42-22-6-3-18(4-7-22)13-34-29(37)17-41-24-10-20(30(38)35-27)9-23(12-24)40-16-19-1-2-19/h3-12,19,27-28H,1-2,13-17H2,(H,34,37)(H,35,38)/t27-,28-/m0/s1. The molecule has 0 spiro atoms. The number of fused-ring (bicyclic) bond motifs is 7. The zero-order valence-electron chi connectivity index (χ0n) is 22.6. The number of likely N-dealkylation sites (tertiary alicyclic amines) is 1. The molecule has 1 aliphatic carbocycles. The molecule has 2 atom stereocenters. The maximum Gasteiger partial charge on any atom is 0.258 e. The Bertz CT molecular complexity index is 1510. The van der Waals surface area contributed by atoms with Crippen LogP contribution in [0.5, 0.6) is 17.2 Å². The van der Waals surface area contributed by atoms with Gasteiger partial charge in [-0.25, -0.2) is 8.78 Å². The first kappa shape index (κ1) is 27.5. The summed E-state index contributed by atoms with van der Waals surface area (Å²) in [7, 11) is 0. The highest BCUT2D eigenvalue weighted by molar-refractivity contribution is 5.96. The molecular formula is C31H29F2N3O6. The molecule has 2 N–H and O–H groups in total. The smallest absolute Gasteiger partial charge is 0.258 e. The van der Waals surface area contributed by atoms with Crippen LogP contribution in [0.4, 0.5) is 8.78 Å². The van der Waals surface area contributed by atoms with Crippen LogP contribution < -0.4 is 24.8 Å². The molecule has 3 amide bonds. The lowest BCUT2D eigenvalue weighted by Gasteiger charge is -2.21. The van der Waals surface area contributed by atoms with Gasteiger partial charge in [0.25, 0.3) is 17.7 Å². The molecule has 3 aromatic rings. The Hall–Kier alpha value is -4.67. The van der Waals surface area contributed by atoms with Crippen molar-refractivity contribution in [3.63, 3.8) is 0 Å². The van der Waals surface area contributed by atoms with Crippen molar-refractivity contribution in [1.82, 2.24) is 15.5 Å². The Morgan fingerprint density at radius 3 is 2.57 bits per heavy atom. The molecule has 0 unspecified atom stereocenters. The van der Waals surface area contributed by atoms with Crippen LogP contribution in [-0.2, 0) is 11.3 Å². The second-order valence-electron chi connectivity index (χ2n) is 10.7. The summed E-state index contributed by atoms with van der Waals surface area (Å²) in [5, 5.41) is 5.73. The van der Waals surface area contributed by atoms with E-state index >= 15 is 0 Å². The maximum absolute atomic E-state index is 14.4. The topological polar surface area (TPSA) is 106 Å². The number of amides is 3. The lowest BCUT2D eigenvalue weighted by atomic mass is 10.1. The fourth-order valence-corrected chi connectivity index (χ4v) is 4.91. The molecule has 0 radical (unpaired) electrons. The summed E-state index contributed by atoms with van der Waals surface area (Å²) in [6, 6.07) is 13.8. The van der Waals surface area contributed by atoms with Crippen molar-refractivity contribution >= 4 is 17.7 Å². The largest absolute Gasteiger partial charge is 0.493 e. The summed E-state index contributed by atoms with van der Waals surface area (Å²) in [5.74, 6) is -1.43. The van der Waals surface area contributed by atoms with Crippen molar-refractivity contribution in [3.05, 3.63) is 89.0 Å². The van der Waals surface area contributed by atoms with Crippen molar-refractivity contribution in [3.8, 4) is 17.2 Å². The summed E-state index contributed by atoms with van der Waals surface area (Å²) in [6.07, 6.45) is 1.48. The van der Waals surface area contributed by atoms with Crippen molar-refractivity contribution in [2.24, 2.45) is 5.92 Å². The highest BCUT2D eigenvalue weighted by atomic mass is 19.1. The minimum absolute atomic E-state index is 0.00290. The minimum atomic E-state index is -0.842. The van der Waals surface area contributed by atoms with E-state index in [-0.39, 0.29) is 43.5 Å². The molecule has 4 aliphatic rings. The van der Waals surface area contributed by atoms with Crippen LogP contribution in [0, 0.1) is 17.6 Å². The third-order valence-electron chi connectivity index (χ3n) is 7.42. The quantitative estimate of drug-likeness (QED) is 0.492. The van der Waals surface area contributed by atoms with E-state index in [0.29, 0.717) is 24.0 Å². The Balaban J connectivity index is 1.29. The van der Waals surface area contributed by atoms with E-state index in [1.165, 1.54) is 11.0 Å². The zero-order valence-corrected chi connectivity index (χ0v) is 22.6. The first-order chi connectivity index (χ1) is 20.3. The lowest BCUT2D eigenvalue weighted by Crippen LogP contribution is -2.45. The summed E-state index contributed by atoms with van der Waals surface area (Å²) >= 11 is 0. The van der Waals surface area contributed by atoms with Gasteiger partial charge >= 0.3 is 0 Å². The monoisotopic (exact) mass is 577 g/mol. The Morgan fingerprint density at radius 2 is 1.79 bits per heavy atom. The molecular weight excluding hydrogens is 548 g/mol. The molecule has 3 aliphatic heterocycles. The Labute approximate surface area is 240 Å².